The van der Waals surface area contributed by atoms with Gasteiger partial charge in [0.1, 0.15) is 0 Å². The third kappa shape index (κ3) is 4.91. The minimum Gasteiger partial charge on any atom is -0.462 e. The summed E-state index contributed by atoms with van der Waals surface area (Å²) in [4.78, 5) is 17.6. The van der Waals surface area contributed by atoms with Gasteiger partial charge in [0.25, 0.3) is 5.91 Å². The zero-order chi connectivity index (χ0) is 21.0. The molecule has 29 heavy (non-hydrogen) atoms. The molecule has 0 amide bonds. The van der Waals surface area contributed by atoms with Crippen molar-refractivity contribution in [1.29, 1.82) is 0 Å². The van der Waals surface area contributed by atoms with Gasteiger partial charge in [0.2, 0.25) is 0 Å². The van der Waals surface area contributed by atoms with Crippen LogP contribution in [-0.4, -0.2) is 27.3 Å². The molecule has 2 aromatic carbocycles. The number of unbranched alkanes of at least 4 members (excludes halogenated alkanes) is 1. The van der Waals surface area contributed by atoms with Gasteiger partial charge < -0.3 is 4.74 Å². The van der Waals surface area contributed by atoms with Crippen LogP contribution in [0.4, 0.5) is 0 Å². The third-order valence-corrected chi connectivity index (χ3v) is 4.82. The maximum atomic E-state index is 13.1. The highest BCUT2D eigenvalue weighted by atomic mass is 16.5. The van der Waals surface area contributed by atoms with Crippen molar-refractivity contribution in [1.82, 2.24) is 14.8 Å². The first kappa shape index (κ1) is 20.8. The van der Waals surface area contributed by atoms with Crippen LogP contribution in [0.5, 0.6) is 6.01 Å². The normalized spacial score (nSPS) is 11.5. The minimum absolute atomic E-state index is 0.0539. The van der Waals surface area contributed by atoms with E-state index in [1.165, 1.54) is 10.2 Å². The van der Waals surface area contributed by atoms with Gasteiger partial charge in [-0.2, -0.15) is 9.67 Å². The van der Waals surface area contributed by atoms with E-state index < -0.39 is 0 Å². The van der Waals surface area contributed by atoms with Crippen LogP contribution in [0.3, 0.4) is 0 Å². The van der Waals surface area contributed by atoms with Crippen molar-refractivity contribution >= 4 is 5.91 Å². The van der Waals surface area contributed by atoms with Crippen molar-refractivity contribution in [2.75, 3.05) is 6.61 Å². The second-order valence-corrected chi connectivity index (χ2v) is 8.33. The summed E-state index contributed by atoms with van der Waals surface area (Å²) in [5.41, 5.74) is 3.76. The van der Waals surface area contributed by atoms with Crippen LogP contribution < -0.4 is 4.74 Å². The summed E-state index contributed by atoms with van der Waals surface area (Å²) < 4.78 is 7.02. The lowest BCUT2D eigenvalue weighted by molar-refractivity contribution is 0.0944. The SMILES string of the molecule is CCCCOc1nc(-c2ccc(C(C)(C)C)cc2)n(C(=O)c2ccc(C)cc2)n1. The summed E-state index contributed by atoms with van der Waals surface area (Å²) in [5, 5.41) is 4.36. The smallest absolute Gasteiger partial charge is 0.336 e. The van der Waals surface area contributed by atoms with Crippen LogP contribution in [0, 0.1) is 6.92 Å². The molecule has 0 aliphatic rings. The van der Waals surface area contributed by atoms with E-state index >= 15 is 0 Å². The topological polar surface area (TPSA) is 57.0 Å². The molecule has 0 spiro atoms. The summed E-state index contributed by atoms with van der Waals surface area (Å²) in [6.45, 7) is 11.1. The molecule has 0 fully saturated rings. The van der Waals surface area contributed by atoms with Crippen molar-refractivity contribution in [2.45, 2.75) is 52.9 Å². The van der Waals surface area contributed by atoms with Crippen molar-refractivity contribution in [3.63, 3.8) is 0 Å². The molecule has 5 heteroatoms. The fourth-order valence-corrected chi connectivity index (χ4v) is 2.93. The molecule has 0 unspecified atom stereocenters. The Hall–Kier alpha value is -2.95. The van der Waals surface area contributed by atoms with Crippen LogP contribution in [0.25, 0.3) is 11.4 Å². The maximum absolute atomic E-state index is 13.1. The molecular weight excluding hydrogens is 362 g/mol. The van der Waals surface area contributed by atoms with E-state index in [-0.39, 0.29) is 17.3 Å². The summed E-state index contributed by atoms with van der Waals surface area (Å²) in [7, 11) is 0. The first-order chi connectivity index (χ1) is 13.8. The molecule has 0 N–H and O–H groups in total. The van der Waals surface area contributed by atoms with E-state index in [1.54, 1.807) is 0 Å². The molecule has 0 radical (unpaired) electrons. The molecule has 5 nitrogen and oxygen atoms in total. The van der Waals surface area contributed by atoms with Crippen molar-refractivity contribution in [2.24, 2.45) is 0 Å². The maximum Gasteiger partial charge on any atom is 0.336 e. The Kier molecular flexibility index (Phi) is 6.16. The number of aryl methyl sites for hydroxylation is 1. The Labute approximate surface area is 172 Å². The average Bonchev–Trinajstić information content (AvgIpc) is 3.12. The predicted octanol–water partition coefficient (Wildman–Crippen LogP) is 5.42. The molecule has 0 saturated heterocycles. The van der Waals surface area contributed by atoms with E-state index in [0.717, 1.165) is 24.0 Å². The van der Waals surface area contributed by atoms with Crippen LogP contribution in [0.2, 0.25) is 0 Å². The molecule has 0 aliphatic carbocycles. The molecule has 1 heterocycles. The number of aromatic nitrogens is 3. The Balaban J connectivity index is 1.99. The second kappa shape index (κ2) is 8.60. The third-order valence-electron chi connectivity index (χ3n) is 4.82. The van der Waals surface area contributed by atoms with Gasteiger partial charge in [-0.05, 0) is 36.5 Å². The molecule has 0 atom stereocenters. The largest absolute Gasteiger partial charge is 0.462 e. The Morgan fingerprint density at radius 3 is 2.28 bits per heavy atom. The number of nitrogens with zero attached hydrogens (tertiary/aromatic N) is 3. The Bertz CT molecular complexity index is 965. The number of carbonyl (C=O) groups is 1. The summed E-state index contributed by atoms with van der Waals surface area (Å²) >= 11 is 0. The quantitative estimate of drug-likeness (QED) is 0.527. The van der Waals surface area contributed by atoms with Crippen molar-refractivity contribution < 1.29 is 9.53 Å². The van der Waals surface area contributed by atoms with Gasteiger partial charge in [0.15, 0.2) is 5.82 Å². The van der Waals surface area contributed by atoms with Crippen molar-refractivity contribution in [3.05, 3.63) is 65.2 Å². The number of hydrogen-bond donors (Lipinski definition) is 0. The molecule has 0 saturated carbocycles. The standard InChI is InChI=1S/C24H29N3O2/c1-6-7-16-29-23-25-21(18-12-14-20(15-13-18)24(3,4)5)27(26-23)22(28)19-10-8-17(2)9-11-19/h8-15H,6-7,16H2,1-5H3. The van der Waals surface area contributed by atoms with Crippen LogP contribution in [-0.2, 0) is 5.41 Å². The van der Waals surface area contributed by atoms with Gasteiger partial charge >= 0.3 is 6.01 Å². The van der Waals surface area contributed by atoms with Gasteiger partial charge in [-0.15, -0.1) is 5.10 Å². The monoisotopic (exact) mass is 391 g/mol. The average molecular weight is 392 g/mol. The Morgan fingerprint density at radius 2 is 1.69 bits per heavy atom. The number of rotatable bonds is 6. The summed E-state index contributed by atoms with van der Waals surface area (Å²) in [5.74, 6) is 0.264. The number of ether oxygens (including phenoxy) is 1. The van der Waals surface area contributed by atoms with Crippen LogP contribution >= 0.6 is 0 Å². The molecule has 0 bridgehead atoms. The Morgan fingerprint density at radius 1 is 1.03 bits per heavy atom. The molecule has 1 aromatic heterocycles. The van der Waals surface area contributed by atoms with Crippen LogP contribution in [0.15, 0.2) is 48.5 Å². The first-order valence-corrected chi connectivity index (χ1v) is 10.1. The van der Waals surface area contributed by atoms with Crippen LogP contribution in [0.1, 0.15) is 62.0 Å². The van der Waals surface area contributed by atoms with Crippen molar-refractivity contribution in [3.8, 4) is 17.4 Å². The van der Waals surface area contributed by atoms with E-state index in [0.29, 0.717) is 18.0 Å². The lowest BCUT2D eigenvalue weighted by Gasteiger charge is -2.19. The van der Waals surface area contributed by atoms with Gasteiger partial charge in [-0.1, -0.05) is 76.1 Å². The fourth-order valence-electron chi connectivity index (χ4n) is 2.93. The summed E-state index contributed by atoms with van der Waals surface area (Å²) in [6.07, 6.45) is 1.93. The molecule has 3 aromatic rings. The lowest BCUT2D eigenvalue weighted by atomic mass is 9.87. The highest BCUT2D eigenvalue weighted by Crippen LogP contribution is 2.27. The lowest BCUT2D eigenvalue weighted by Crippen LogP contribution is -2.15. The molecular formula is C24H29N3O2. The van der Waals surface area contributed by atoms with Gasteiger partial charge in [0.05, 0.1) is 6.61 Å². The van der Waals surface area contributed by atoms with E-state index in [2.05, 4.69) is 49.9 Å². The van der Waals surface area contributed by atoms with Gasteiger partial charge in [0, 0.05) is 11.1 Å². The van der Waals surface area contributed by atoms with Gasteiger partial charge in [-0.25, -0.2) is 0 Å². The predicted molar refractivity (Wildman–Crippen MR) is 115 cm³/mol. The molecule has 3 rings (SSSR count). The summed E-state index contributed by atoms with van der Waals surface area (Å²) in [6, 6.07) is 15.8. The molecule has 0 aliphatic heterocycles. The number of carbonyl (C=O) groups excluding carboxylic acids is 1. The highest BCUT2D eigenvalue weighted by Gasteiger charge is 2.21. The highest BCUT2D eigenvalue weighted by molar-refractivity contribution is 5.97. The fraction of sp³-hybridized carbons (Fsp3) is 0.375. The first-order valence-electron chi connectivity index (χ1n) is 10.1. The zero-order valence-corrected chi connectivity index (χ0v) is 17.9. The number of hydrogen-bond acceptors (Lipinski definition) is 4. The van der Waals surface area contributed by atoms with E-state index in [4.69, 9.17) is 4.74 Å². The van der Waals surface area contributed by atoms with Gasteiger partial charge in [-0.3, -0.25) is 4.79 Å². The minimum atomic E-state index is -0.224. The second-order valence-electron chi connectivity index (χ2n) is 8.33. The van der Waals surface area contributed by atoms with E-state index in [9.17, 15) is 4.79 Å². The molecule has 152 valence electrons. The number of benzene rings is 2. The van der Waals surface area contributed by atoms with E-state index in [1.807, 2.05) is 43.3 Å². The zero-order valence-electron chi connectivity index (χ0n) is 17.9.